The van der Waals surface area contributed by atoms with Crippen molar-refractivity contribution in [2.75, 3.05) is 25.0 Å². The molecule has 1 N–H and O–H groups in total. The Morgan fingerprint density at radius 2 is 1.97 bits per heavy atom. The van der Waals surface area contributed by atoms with E-state index in [9.17, 15) is 0 Å². The van der Waals surface area contributed by atoms with E-state index in [4.69, 9.17) is 14.5 Å². The fourth-order valence-corrected chi connectivity index (χ4v) is 4.64. The maximum atomic E-state index is 5.99. The molecule has 0 amide bonds. The predicted molar refractivity (Wildman–Crippen MR) is 126 cm³/mol. The quantitative estimate of drug-likeness (QED) is 0.580. The Kier molecular flexibility index (Phi) is 6.35. The van der Waals surface area contributed by atoms with E-state index in [1.165, 1.54) is 11.1 Å². The summed E-state index contributed by atoms with van der Waals surface area (Å²) in [6, 6.07) is 6.14. The van der Waals surface area contributed by atoms with Gasteiger partial charge in [0.15, 0.2) is 5.82 Å². The summed E-state index contributed by atoms with van der Waals surface area (Å²) in [4.78, 5) is 20.1. The number of anilines is 2. The van der Waals surface area contributed by atoms with Crippen LogP contribution in [0, 0.1) is 0 Å². The zero-order valence-electron chi connectivity index (χ0n) is 19.2. The lowest BCUT2D eigenvalue weighted by atomic mass is 9.93. The van der Waals surface area contributed by atoms with Crippen LogP contribution in [0.3, 0.4) is 0 Å². The van der Waals surface area contributed by atoms with Crippen LogP contribution >= 0.6 is 0 Å². The maximum absolute atomic E-state index is 5.99. The minimum Gasteiger partial charge on any atom is -0.494 e. The molecule has 4 heterocycles. The topological polar surface area (TPSA) is 85.3 Å². The number of aromatic nitrogens is 4. The van der Waals surface area contributed by atoms with Crippen LogP contribution in [-0.4, -0.2) is 50.6 Å². The molecular formula is C25H30N6O2. The molecule has 5 rings (SSSR count). The number of rotatable bonds is 7. The highest BCUT2D eigenvalue weighted by Crippen LogP contribution is 2.36. The summed E-state index contributed by atoms with van der Waals surface area (Å²) in [6.45, 7) is 7.70. The Balaban J connectivity index is 1.22. The van der Waals surface area contributed by atoms with Crippen molar-refractivity contribution < 1.29 is 9.47 Å². The summed E-state index contributed by atoms with van der Waals surface area (Å²) in [5.74, 6) is 3.59. The molecule has 2 aliphatic heterocycles. The third-order valence-corrected chi connectivity index (χ3v) is 6.24. The Labute approximate surface area is 194 Å². The number of nitrogens with zero attached hydrogens (tertiary/aromatic N) is 5. The van der Waals surface area contributed by atoms with Crippen LogP contribution in [0.15, 0.2) is 43.0 Å². The molecule has 8 nitrogen and oxygen atoms in total. The molecule has 0 bridgehead atoms. The summed E-state index contributed by atoms with van der Waals surface area (Å²) in [7, 11) is 0. The molecule has 2 aliphatic rings. The van der Waals surface area contributed by atoms with Gasteiger partial charge in [0.25, 0.3) is 0 Å². The second-order valence-corrected chi connectivity index (χ2v) is 8.71. The minimum absolute atomic E-state index is 0.236. The molecule has 2 aromatic heterocycles. The first-order valence-corrected chi connectivity index (χ1v) is 11.7. The smallest absolute Gasteiger partial charge is 0.228 e. The van der Waals surface area contributed by atoms with Crippen LogP contribution in [0.2, 0.25) is 0 Å². The van der Waals surface area contributed by atoms with Crippen LogP contribution in [0.4, 0.5) is 11.8 Å². The van der Waals surface area contributed by atoms with Crippen LogP contribution in [0.5, 0.6) is 11.5 Å². The van der Waals surface area contributed by atoms with Crippen molar-refractivity contribution in [3.05, 3.63) is 59.8 Å². The summed E-state index contributed by atoms with van der Waals surface area (Å²) >= 11 is 0. The first-order valence-electron chi connectivity index (χ1n) is 11.7. The van der Waals surface area contributed by atoms with Gasteiger partial charge >= 0.3 is 0 Å². The molecule has 1 fully saturated rings. The van der Waals surface area contributed by atoms with Gasteiger partial charge in [-0.2, -0.15) is 0 Å². The lowest BCUT2D eigenvalue weighted by Crippen LogP contribution is -2.33. The van der Waals surface area contributed by atoms with Gasteiger partial charge in [-0.25, -0.2) is 15.0 Å². The summed E-state index contributed by atoms with van der Waals surface area (Å²) in [6.07, 6.45) is 10.3. The fraction of sp³-hybridized carbons (Fsp3) is 0.440. The van der Waals surface area contributed by atoms with Gasteiger partial charge in [0, 0.05) is 48.6 Å². The van der Waals surface area contributed by atoms with E-state index < -0.39 is 0 Å². The van der Waals surface area contributed by atoms with Crippen LogP contribution < -0.4 is 14.8 Å². The average Bonchev–Trinajstić information content (AvgIpc) is 3.19. The van der Waals surface area contributed by atoms with E-state index in [1.807, 2.05) is 13.1 Å². The van der Waals surface area contributed by atoms with Crippen LogP contribution in [0.25, 0.3) is 0 Å². The van der Waals surface area contributed by atoms with Crippen molar-refractivity contribution in [2.45, 2.75) is 51.7 Å². The number of hydrogen-bond acceptors (Lipinski definition) is 8. The Hall–Kier alpha value is -3.26. The molecule has 172 valence electrons. The second kappa shape index (κ2) is 9.70. The molecule has 1 atom stereocenters. The van der Waals surface area contributed by atoms with Gasteiger partial charge in [0.1, 0.15) is 17.6 Å². The highest BCUT2D eigenvalue weighted by atomic mass is 16.5. The zero-order valence-corrected chi connectivity index (χ0v) is 19.2. The lowest BCUT2D eigenvalue weighted by molar-refractivity contribution is 0.199. The standard InChI is InChI=1S/C25H30N6O2/c1-3-32-22-12-19-11-17(2)33-23(19)13-20(22)16-31-9-5-18(6-10-31)21-14-26-15-24(29-21)30-25-27-7-4-8-28-25/h4,7-8,12-15,17-18H,3,5-6,9-11,16H2,1-2H3,(H,27,28,29,30)/t17-/m1/s1. The molecule has 0 aliphatic carbocycles. The molecule has 33 heavy (non-hydrogen) atoms. The van der Waals surface area contributed by atoms with Crippen molar-refractivity contribution in [2.24, 2.45) is 0 Å². The molecule has 0 unspecified atom stereocenters. The van der Waals surface area contributed by atoms with Gasteiger partial charge in [-0.3, -0.25) is 9.88 Å². The van der Waals surface area contributed by atoms with Gasteiger partial charge in [-0.15, -0.1) is 0 Å². The van der Waals surface area contributed by atoms with Crippen molar-refractivity contribution in [3.63, 3.8) is 0 Å². The number of likely N-dealkylation sites (tertiary alicyclic amines) is 1. The maximum Gasteiger partial charge on any atom is 0.228 e. The first-order chi connectivity index (χ1) is 16.2. The molecule has 0 saturated carbocycles. The molecule has 8 heteroatoms. The Morgan fingerprint density at radius 3 is 2.76 bits per heavy atom. The number of nitrogens with one attached hydrogen (secondary N) is 1. The third-order valence-electron chi connectivity index (χ3n) is 6.24. The number of ether oxygens (including phenoxy) is 2. The van der Waals surface area contributed by atoms with Gasteiger partial charge in [-0.05, 0) is 58.0 Å². The molecule has 3 aromatic rings. The average molecular weight is 447 g/mol. The number of benzene rings is 1. The predicted octanol–water partition coefficient (Wildman–Crippen LogP) is 4.11. The van der Waals surface area contributed by atoms with E-state index in [-0.39, 0.29) is 6.10 Å². The third kappa shape index (κ3) is 5.06. The van der Waals surface area contributed by atoms with E-state index in [2.05, 4.69) is 44.2 Å². The number of fused-ring (bicyclic) bond motifs is 1. The fourth-order valence-electron chi connectivity index (χ4n) is 4.64. The van der Waals surface area contributed by atoms with E-state index in [0.717, 1.165) is 56.1 Å². The summed E-state index contributed by atoms with van der Waals surface area (Å²) in [5.41, 5.74) is 3.48. The first kappa shape index (κ1) is 21.6. The molecule has 1 aromatic carbocycles. The highest BCUT2D eigenvalue weighted by Gasteiger charge is 2.25. The monoisotopic (exact) mass is 446 g/mol. The molecular weight excluding hydrogens is 416 g/mol. The summed E-state index contributed by atoms with van der Waals surface area (Å²) < 4.78 is 12.0. The van der Waals surface area contributed by atoms with E-state index in [0.29, 0.717) is 24.3 Å². The Bertz CT molecular complexity index is 1090. The van der Waals surface area contributed by atoms with E-state index >= 15 is 0 Å². The number of piperidine rings is 1. The van der Waals surface area contributed by atoms with Crippen LogP contribution in [0.1, 0.15) is 49.4 Å². The van der Waals surface area contributed by atoms with Crippen molar-refractivity contribution >= 4 is 11.8 Å². The van der Waals surface area contributed by atoms with Crippen LogP contribution in [-0.2, 0) is 13.0 Å². The zero-order chi connectivity index (χ0) is 22.6. The van der Waals surface area contributed by atoms with Crippen molar-refractivity contribution in [1.29, 1.82) is 0 Å². The SMILES string of the molecule is CCOc1cc2c(cc1CN1CCC(c3cncc(Nc4ncccn4)n3)CC1)O[C@H](C)C2. The lowest BCUT2D eigenvalue weighted by Gasteiger charge is -2.32. The van der Waals surface area contributed by atoms with E-state index in [1.54, 1.807) is 24.7 Å². The van der Waals surface area contributed by atoms with Crippen molar-refractivity contribution in [1.82, 2.24) is 24.8 Å². The molecule has 0 radical (unpaired) electrons. The van der Waals surface area contributed by atoms with Gasteiger partial charge in [-0.1, -0.05) is 0 Å². The normalized spacial score (nSPS) is 18.5. The van der Waals surface area contributed by atoms with Gasteiger partial charge in [0.2, 0.25) is 5.95 Å². The molecule has 0 spiro atoms. The summed E-state index contributed by atoms with van der Waals surface area (Å²) in [5, 5.41) is 3.13. The number of hydrogen-bond donors (Lipinski definition) is 1. The van der Waals surface area contributed by atoms with Crippen molar-refractivity contribution in [3.8, 4) is 11.5 Å². The second-order valence-electron chi connectivity index (χ2n) is 8.71. The minimum atomic E-state index is 0.236. The van der Waals surface area contributed by atoms with Gasteiger partial charge in [0.05, 0.1) is 18.5 Å². The largest absolute Gasteiger partial charge is 0.494 e. The molecule has 1 saturated heterocycles. The van der Waals surface area contributed by atoms with Gasteiger partial charge < -0.3 is 14.8 Å². The highest BCUT2D eigenvalue weighted by molar-refractivity contribution is 5.49. The Morgan fingerprint density at radius 1 is 1.15 bits per heavy atom.